The largest absolute Gasteiger partial charge is 0.494 e. The van der Waals surface area contributed by atoms with E-state index in [1.165, 1.54) is 12.7 Å². The Morgan fingerprint density at radius 2 is 2.04 bits per heavy atom. The molecule has 1 aromatic carbocycles. The molecule has 138 valence electrons. The molecule has 0 aromatic heterocycles. The third kappa shape index (κ3) is 5.37. The molecule has 1 aliphatic rings. The van der Waals surface area contributed by atoms with Gasteiger partial charge in [-0.05, 0) is 37.8 Å². The smallest absolute Gasteiger partial charge is 0.308 e. The molecule has 0 atom stereocenters. The van der Waals surface area contributed by atoms with Crippen LogP contribution in [0.3, 0.4) is 0 Å². The number of likely N-dealkylation sites (tertiary alicyclic amines) is 1. The van der Waals surface area contributed by atoms with Crippen LogP contribution in [0.1, 0.15) is 25.3 Å². The number of guanidine groups is 1. The fourth-order valence-electron chi connectivity index (χ4n) is 3.14. The topological polar surface area (TPSA) is 63.2 Å². The zero-order valence-corrected chi connectivity index (χ0v) is 15.5. The summed E-state index contributed by atoms with van der Waals surface area (Å²) in [5.74, 6) is 1.74. The van der Waals surface area contributed by atoms with Crippen molar-refractivity contribution in [2.45, 2.75) is 26.2 Å². The first-order valence-electron chi connectivity index (χ1n) is 8.93. The number of nitrogens with zero attached hydrogens (tertiary/aromatic N) is 2. The fraction of sp³-hybridized carbons (Fsp3) is 0.579. The second kappa shape index (κ2) is 9.91. The van der Waals surface area contributed by atoms with E-state index >= 15 is 0 Å². The molecule has 1 fully saturated rings. The van der Waals surface area contributed by atoms with Gasteiger partial charge in [0, 0.05) is 26.7 Å². The highest BCUT2D eigenvalue weighted by molar-refractivity contribution is 5.80. The molecule has 2 rings (SSSR count). The molecule has 0 saturated carbocycles. The molecule has 25 heavy (non-hydrogen) atoms. The zero-order chi connectivity index (χ0) is 18.1. The highest BCUT2D eigenvalue weighted by Gasteiger charge is 2.26. The van der Waals surface area contributed by atoms with Crippen LogP contribution >= 0.6 is 0 Å². The maximum absolute atomic E-state index is 11.6. The number of nitrogens with one attached hydrogen (secondary N) is 1. The van der Waals surface area contributed by atoms with Crippen LogP contribution in [0.4, 0.5) is 0 Å². The highest BCUT2D eigenvalue weighted by Crippen LogP contribution is 2.19. The normalized spacial score (nSPS) is 15.8. The van der Waals surface area contributed by atoms with Gasteiger partial charge >= 0.3 is 5.97 Å². The van der Waals surface area contributed by atoms with Crippen molar-refractivity contribution < 1.29 is 14.3 Å². The number of para-hydroxylation sites is 1. The molecular formula is C19H29N3O3. The van der Waals surface area contributed by atoms with Crippen molar-refractivity contribution >= 4 is 11.9 Å². The Morgan fingerprint density at radius 1 is 1.32 bits per heavy atom. The number of ether oxygens (including phenoxy) is 2. The molecule has 6 heteroatoms. The maximum Gasteiger partial charge on any atom is 0.308 e. The quantitative estimate of drug-likeness (QED) is 0.485. The summed E-state index contributed by atoms with van der Waals surface area (Å²) in [6, 6.07) is 8.12. The first-order chi connectivity index (χ1) is 12.2. The first-order valence-corrected chi connectivity index (χ1v) is 8.93. The SMILES string of the molecule is CCOc1ccccc1CCNC(=NC)N1CCC(C(=O)OC)CC1. The average Bonchev–Trinajstić information content (AvgIpc) is 2.66. The van der Waals surface area contributed by atoms with Crippen LogP contribution in [0.25, 0.3) is 0 Å². The van der Waals surface area contributed by atoms with Gasteiger partial charge in [-0.3, -0.25) is 9.79 Å². The lowest BCUT2D eigenvalue weighted by Gasteiger charge is -2.33. The van der Waals surface area contributed by atoms with Gasteiger partial charge in [0.2, 0.25) is 0 Å². The zero-order valence-electron chi connectivity index (χ0n) is 15.5. The van der Waals surface area contributed by atoms with Crippen LogP contribution in [0.2, 0.25) is 0 Å². The first kappa shape index (κ1) is 19.1. The predicted octanol–water partition coefficient (Wildman–Crippen LogP) is 2.09. The number of rotatable bonds is 6. The van der Waals surface area contributed by atoms with E-state index in [1.807, 2.05) is 25.1 Å². The summed E-state index contributed by atoms with van der Waals surface area (Å²) in [5.41, 5.74) is 1.19. The van der Waals surface area contributed by atoms with E-state index in [9.17, 15) is 4.79 Å². The summed E-state index contributed by atoms with van der Waals surface area (Å²) in [6.07, 6.45) is 2.48. The van der Waals surface area contributed by atoms with Crippen LogP contribution in [-0.2, 0) is 16.0 Å². The summed E-state index contributed by atoms with van der Waals surface area (Å²) in [4.78, 5) is 18.2. The lowest BCUT2D eigenvalue weighted by Crippen LogP contribution is -2.47. The number of carbonyl (C=O) groups is 1. The van der Waals surface area contributed by atoms with Crippen molar-refractivity contribution in [3.05, 3.63) is 29.8 Å². The minimum absolute atomic E-state index is 0.0115. The summed E-state index contributed by atoms with van der Waals surface area (Å²) in [7, 11) is 3.25. The number of hydrogen-bond donors (Lipinski definition) is 1. The van der Waals surface area contributed by atoms with Crippen molar-refractivity contribution in [2.75, 3.05) is 40.4 Å². The van der Waals surface area contributed by atoms with E-state index in [2.05, 4.69) is 21.3 Å². The van der Waals surface area contributed by atoms with Gasteiger partial charge in [0.15, 0.2) is 5.96 Å². The molecule has 0 radical (unpaired) electrons. The standard InChI is InChI=1S/C19H29N3O3/c1-4-25-17-8-6-5-7-15(17)9-12-21-19(20-2)22-13-10-16(11-14-22)18(23)24-3/h5-8,16H,4,9-14H2,1-3H3,(H,20,21). The molecule has 1 saturated heterocycles. The summed E-state index contributed by atoms with van der Waals surface area (Å²) >= 11 is 0. The fourth-order valence-corrected chi connectivity index (χ4v) is 3.14. The van der Waals surface area contributed by atoms with E-state index in [-0.39, 0.29) is 11.9 Å². The van der Waals surface area contributed by atoms with E-state index in [1.54, 1.807) is 7.05 Å². The molecule has 0 unspecified atom stereocenters. The van der Waals surface area contributed by atoms with Gasteiger partial charge in [0.1, 0.15) is 5.75 Å². The maximum atomic E-state index is 11.6. The number of aliphatic imine (C=N–C) groups is 1. The molecule has 6 nitrogen and oxygen atoms in total. The lowest BCUT2D eigenvalue weighted by atomic mass is 9.97. The Morgan fingerprint density at radius 3 is 2.68 bits per heavy atom. The van der Waals surface area contributed by atoms with Gasteiger partial charge in [-0.1, -0.05) is 18.2 Å². The molecule has 1 aliphatic heterocycles. The average molecular weight is 347 g/mol. The molecular weight excluding hydrogens is 318 g/mol. The Kier molecular flexibility index (Phi) is 7.57. The number of hydrogen-bond acceptors (Lipinski definition) is 4. The van der Waals surface area contributed by atoms with Crippen molar-refractivity contribution in [1.82, 2.24) is 10.2 Å². The van der Waals surface area contributed by atoms with Gasteiger partial charge in [-0.15, -0.1) is 0 Å². The van der Waals surface area contributed by atoms with Gasteiger partial charge < -0.3 is 19.7 Å². The van der Waals surface area contributed by atoms with E-state index in [0.717, 1.165) is 50.6 Å². The Labute approximate surface area is 150 Å². The minimum Gasteiger partial charge on any atom is -0.494 e. The third-order valence-corrected chi connectivity index (χ3v) is 4.49. The molecule has 1 heterocycles. The van der Waals surface area contributed by atoms with Crippen molar-refractivity contribution in [3.8, 4) is 5.75 Å². The monoisotopic (exact) mass is 347 g/mol. The number of carbonyl (C=O) groups excluding carboxylic acids is 1. The summed E-state index contributed by atoms with van der Waals surface area (Å²) in [6.45, 7) is 5.08. The number of esters is 1. The molecule has 0 amide bonds. The molecule has 1 aromatic rings. The van der Waals surface area contributed by atoms with Gasteiger partial charge in [-0.25, -0.2) is 0 Å². The van der Waals surface area contributed by atoms with Crippen LogP contribution in [0.5, 0.6) is 5.75 Å². The van der Waals surface area contributed by atoms with Crippen LogP contribution in [0.15, 0.2) is 29.3 Å². The van der Waals surface area contributed by atoms with Crippen LogP contribution in [0, 0.1) is 5.92 Å². The predicted molar refractivity (Wildman–Crippen MR) is 99.0 cm³/mol. The summed E-state index contributed by atoms with van der Waals surface area (Å²) in [5, 5.41) is 3.42. The summed E-state index contributed by atoms with van der Waals surface area (Å²) < 4.78 is 10.5. The van der Waals surface area contributed by atoms with Gasteiger partial charge in [-0.2, -0.15) is 0 Å². The highest BCUT2D eigenvalue weighted by atomic mass is 16.5. The van der Waals surface area contributed by atoms with E-state index in [0.29, 0.717) is 6.61 Å². The van der Waals surface area contributed by atoms with E-state index < -0.39 is 0 Å². The van der Waals surface area contributed by atoms with E-state index in [4.69, 9.17) is 9.47 Å². The Balaban J connectivity index is 1.83. The second-order valence-corrected chi connectivity index (χ2v) is 6.05. The van der Waals surface area contributed by atoms with Crippen molar-refractivity contribution in [3.63, 3.8) is 0 Å². The third-order valence-electron chi connectivity index (χ3n) is 4.49. The number of benzene rings is 1. The van der Waals surface area contributed by atoms with Crippen molar-refractivity contribution in [1.29, 1.82) is 0 Å². The van der Waals surface area contributed by atoms with Crippen molar-refractivity contribution in [2.24, 2.45) is 10.9 Å². The Hall–Kier alpha value is -2.24. The lowest BCUT2D eigenvalue weighted by molar-refractivity contribution is -0.146. The molecule has 0 aliphatic carbocycles. The molecule has 0 spiro atoms. The number of piperidine rings is 1. The van der Waals surface area contributed by atoms with Gasteiger partial charge in [0.05, 0.1) is 19.6 Å². The second-order valence-electron chi connectivity index (χ2n) is 6.05. The molecule has 1 N–H and O–H groups in total. The Bertz CT molecular complexity index is 581. The minimum atomic E-state index is -0.102. The van der Waals surface area contributed by atoms with Crippen LogP contribution in [-0.4, -0.2) is 57.2 Å². The molecule has 0 bridgehead atoms. The van der Waals surface area contributed by atoms with Gasteiger partial charge in [0.25, 0.3) is 0 Å². The van der Waals surface area contributed by atoms with Crippen LogP contribution < -0.4 is 10.1 Å². The number of methoxy groups -OCH3 is 1.